The van der Waals surface area contributed by atoms with Gasteiger partial charge in [0.25, 0.3) is 5.56 Å². The van der Waals surface area contributed by atoms with E-state index in [1.807, 2.05) is 11.8 Å². The van der Waals surface area contributed by atoms with Crippen LogP contribution in [0.15, 0.2) is 17.2 Å². The number of hydrogen-bond donors (Lipinski definition) is 2. The minimum absolute atomic E-state index is 0.148. The summed E-state index contributed by atoms with van der Waals surface area (Å²) in [6, 6.07) is 0. The third-order valence-electron chi connectivity index (χ3n) is 2.28. The Balaban J connectivity index is 2.08. The van der Waals surface area contributed by atoms with Crippen LogP contribution in [0.4, 0.5) is 5.82 Å². The van der Waals surface area contributed by atoms with Crippen molar-refractivity contribution in [3.8, 4) is 0 Å². The Hall–Kier alpha value is -0.970. The number of aromatic amines is 1. The molecule has 0 aliphatic heterocycles. The summed E-state index contributed by atoms with van der Waals surface area (Å²) in [5.74, 6) is 1.67. The lowest BCUT2D eigenvalue weighted by atomic mass is 10.2. The Labute approximate surface area is 100 Å². The predicted molar refractivity (Wildman–Crippen MR) is 70.2 cm³/mol. The van der Waals surface area contributed by atoms with Crippen LogP contribution in [-0.2, 0) is 0 Å². The highest BCUT2D eigenvalue weighted by molar-refractivity contribution is 7.98. The average molecular weight is 241 g/mol. The predicted octanol–water partition coefficient (Wildman–Crippen LogP) is 2.11. The average Bonchev–Trinajstić information content (AvgIpc) is 2.30. The van der Waals surface area contributed by atoms with Gasteiger partial charge in [0.2, 0.25) is 0 Å². The molecule has 1 heterocycles. The molecule has 1 aromatic rings. The van der Waals surface area contributed by atoms with Gasteiger partial charge in [-0.2, -0.15) is 11.8 Å². The third kappa shape index (κ3) is 5.21. The van der Waals surface area contributed by atoms with Crippen molar-refractivity contribution < 1.29 is 0 Å². The van der Waals surface area contributed by atoms with E-state index in [2.05, 4.69) is 21.5 Å². The Morgan fingerprint density at radius 1 is 1.38 bits per heavy atom. The molecular weight excluding hydrogens is 222 g/mol. The van der Waals surface area contributed by atoms with Gasteiger partial charge in [-0.1, -0.05) is 12.8 Å². The fourth-order valence-corrected chi connectivity index (χ4v) is 1.90. The molecule has 0 aliphatic carbocycles. The summed E-state index contributed by atoms with van der Waals surface area (Å²) in [7, 11) is 0. The Morgan fingerprint density at radius 3 is 2.94 bits per heavy atom. The lowest BCUT2D eigenvalue weighted by Gasteiger charge is -2.03. The molecule has 0 unspecified atom stereocenters. The van der Waals surface area contributed by atoms with Crippen molar-refractivity contribution in [3.05, 3.63) is 22.7 Å². The van der Waals surface area contributed by atoms with Crippen molar-refractivity contribution in [2.45, 2.75) is 25.7 Å². The Kier molecular flexibility index (Phi) is 6.72. The zero-order valence-corrected chi connectivity index (χ0v) is 10.5. The zero-order chi connectivity index (χ0) is 11.6. The standard InChI is InChI=1S/C11H19N3OS/c1-16-9-5-3-2-4-6-12-10-11(15)14-8-7-13-10/h7-8H,2-6,9H2,1H3,(H,12,13)(H,14,15). The van der Waals surface area contributed by atoms with Gasteiger partial charge in [0.05, 0.1) is 0 Å². The van der Waals surface area contributed by atoms with Gasteiger partial charge in [0.15, 0.2) is 5.82 Å². The van der Waals surface area contributed by atoms with Crippen LogP contribution in [0.2, 0.25) is 0 Å². The van der Waals surface area contributed by atoms with Crippen LogP contribution in [0.25, 0.3) is 0 Å². The molecule has 16 heavy (non-hydrogen) atoms. The number of rotatable bonds is 8. The van der Waals surface area contributed by atoms with Crippen LogP contribution < -0.4 is 10.9 Å². The number of unbranched alkanes of at least 4 members (excludes halogenated alkanes) is 3. The first-order chi connectivity index (χ1) is 7.84. The second kappa shape index (κ2) is 8.21. The maximum absolute atomic E-state index is 11.2. The topological polar surface area (TPSA) is 57.8 Å². The second-order valence-corrected chi connectivity index (χ2v) is 4.59. The number of nitrogens with zero attached hydrogens (tertiary/aromatic N) is 1. The Morgan fingerprint density at radius 2 is 2.19 bits per heavy atom. The fraction of sp³-hybridized carbons (Fsp3) is 0.636. The number of hydrogen-bond acceptors (Lipinski definition) is 4. The molecule has 1 aromatic heterocycles. The Bertz CT molecular complexity index is 340. The van der Waals surface area contributed by atoms with Crippen LogP contribution in [-0.4, -0.2) is 28.5 Å². The normalized spacial score (nSPS) is 10.3. The summed E-state index contributed by atoms with van der Waals surface area (Å²) in [5, 5.41) is 3.04. The van der Waals surface area contributed by atoms with Crippen molar-refractivity contribution in [3.63, 3.8) is 0 Å². The van der Waals surface area contributed by atoms with Crippen molar-refractivity contribution in [1.29, 1.82) is 0 Å². The van der Waals surface area contributed by atoms with E-state index >= 15 is 0 Å². The molecule has 2 N–H and O–H groups in total. The maximum atomic E-state index is 11.2. The highest BCUT2D eigenvalue weighted by Crippen LogP contribution is 2.04. The molecule has 5 heteroatoms. The van der Waals surface area contributed by atoms with E-state index < -0.39 is 0 Å². The van der Waals surface area contributed by atoms with E-state index in [-0.39, 0.29) is 5.56 Å². The van der Waals surface area contributed by atoms with Gasteiger partial charge >= 0.3 is 0 Å². The molecule has 0 radical (unpaired) electrons. The summed E-state index contributed by atoms with van der Waals surface area (Å²) in [4.78, 5) is 17.8. The highest BCUT2D eigenvalue weighted by Gasteiger charge is 1.97. The molecule has 0 fully saturated rings. The van der Waals surface area contributed by atoms with Gasteiger partial charge < -0.3 is 10.3 Å². The number of nitrogens with one attached hydrogen (secondary N) is 2. The molecule has 4 nitrogen and oxygen atoms in total. The van der Waals surface area contributed by atoms with Crippen LogP contribution in [0, 0.1) is 0 Å². The van der Waals surface area contributed by atoms with Crippen LogP contribution in [0.5, 0.6) is 0 Å². The monoisotopic (exact) mass is 241 g/mol. The van der Waals surface area contributed by atoms with E-state index in [0.29, 0.717) is 5.82 Å². The molecule has 90 valence electrons. The van der Waals surface area contributed by atoms with E-state index in [9.17, 15) is 4.79 Å². The van der Waals surface area contributed by atoms with Gasteiger partial charge in [-0.25, -0.2) is 4.98 Å². The number of H-pyrrole nitrogens is 1. The largest absolute Gasteiger partial charge is 0.365 e. The molecule has 0 amide bonds. The smallest absolute Gasteiger partial charge is 0.290 e. The molecule has 0 saturated carbocycles. The molecular formula is C11H19N3OS. The molecule has 0 bridgehead atoms. The van der Waals surface area contributed by atoms with E-state index in [0.717, 1.165) is 13.0 Å². The molecule has 0 saturated heterocycles. The summed E-state index contributed by atoms with van der Waals surface area (Å²) < 4.78 is 0. The number of thioether (sulfide) groups is 1. The lowest BCUT2D eigenvalue weighted by molar-refractivity contribution is 0.688. The minimum Gasteiger partial charge on any atom is -0.365 e. The molecule has 0 spiro atoms. The van der Waals surface area contributed by atoms with Crippen LogP contribution >= 0.6 is 11.8 Å². The first kappa shape index (κ1) is 13.1. The first-order valence-electron chi connectivity index (χ1n) is 5.61. The van der Waals surface area contributed by atoms with Crippen molar-refractivity contribution in [2.75, 3.05) is 23.9 Å². The summed E-state index contributed by atoms with van der Waals surface area (Å²) in [6.07, 6.45) is 10.1. The van der Waals surface area contributed by atoms with E-state index in [1.54, 1.807) is 6.20 Å². The lowest BCUT2D eigenvalue weighted by Crippen LogP contribution is -2.15. The number of aromatic nitrogens is 2. The minimum atomic E-state index is -0.148. The maximum Gasteiger partial charge on any atom is 0.290 e. The zero-order valence-electron chi connectivity index (χ0n) is 9.66. The summed E-state index contributed by atoms with van der Waals surface area (Å²) >= 11 is 1.89. The second-order valence-electron chi connectivity index (χ2n) is 3.60. The molecule has 0 aromatic carbocycles. The number of anilines is 1. The van der Waals surface area contributed by atoms with Crippen LogP contribution in [0.3, 0.4) is 0 Å². The molecule has 0 atom stereocenters. The van der Waals surface area contributed by atoms with E-state index in [4.69, 9.17) is 0 Å². The van der Waals surface area contributed by atoms with Gasteiger partial charge in [-0.05, 0) is 24.9 Å². The highest BCUT2D eigenvalue weighted by atomic mass is 32.2. The van der Waals surface area contributed by atoms with Gasteiger partial charge in [-0.15, -0.1) is 0 Å². The quantitative estimate of drug-likeness (QED) is 0.684. The van der Waals surface area contributed by atoms with Crippen molar-refractivity contribution in [1.82, 2.24) is 9.97 Å². The van der Waals surface area contributed by atoms with Crippen molar-refractivity contribution >= 4 is 17.6 Å². The van der Waals surface area contributed by atoms with Gasteiger partial charge in [0.1, 0.15) is 0 Å². The summed E-state index contributed by atoms with van der Waals surface area (Å²) in [6.45, 7) is 0.819. The summed E-state index contributed by atoms with van der Waals surface area (Å²) in [5.41, 5.74) is -0.148. The van der Waals surface area contributed by atoms with Gasteiger partial charge in [0, 0.05) is 18.9 Å². The van der Waals surface area contributed by atoms with Crippen molar-refractivity contribution in [2.24, 2.45) is 0 Å². The fourth-order valence-electron chi connectivity index (χ4n) is 1.41. The third-order valence-corrected chi connectivity index (χ3v) is 2.97. The SMILES string of the molecule is CSCCCCCCNc1ncc[nH]c1=O. The molecule has 1 rings (SSSR count). The van der Waals surface area contributed by atoms with Crippen LogP contribution in [0.1, 0.15) is 25.7 Å². The van der Waals surface area contributed by atoms with Gasteiger partial charge in [-0.3, -0.25) is 4.79 Å². The molecule has 0 aliphatic rings. The first-order valence-corrected chi connectivity index (χ1v) is 7.00. The van der Waals surface area contributed by atoms with E-state index in [1.165, 1.54) is 31.2 Å².